The molecule has 0 saturated carbocycles. The van der Waals surface area contributed by atoms with Crippen molar-refractivity contribution in [2.24, 2.45) is 0 Å². The molecular weight excluding hydrogens is 609 g/mol. The molecule has 0 heterocycles. The zero-order valence-corrected chi connectivity index (χ0v) is 29.8. The maximum absolute atomic E-state index is 14.5. The van der Waals surface area contributed by atoms with E-state index in [-0.39, 0.29) is 10.5 Å². The van der Waals surface area contributed by atoms with Crippen molar-refractivity contribution >= 4 is 20.4 Å². The number of ether oxygens (including phenoxy) is 1. The van der Waals surface area contributed by atoms with E-state index in [0.717, 1.165) is 38.8 Å². The third-order valence-electron chi connectivity index (χ3n) is 7.96. The summed E-state index contributed by atoms with van der Waals surface area (Å²) in [6.07, 6.45) is 13.1. The van der Waals surface area contributed by atoms with Crippen molar-refractivity contribution in [3.8, 4) is 5.75 Å². The van der Waals surface area contributed by atoms with Gasteiger partial charge in [0.05, 0.1) is 4.90 Å². The first-order valence-electron chi connectivity index (χ1n) is 16.9. The third-order valence-corrected chi connectivity index (χ3v) is 13.2. The molecule has 4 rings (SSSR count). The molecule has 0 atom stereocenters. The summed E-state index contributed by atoms with van der Waals surface area (Å²) in [6.45, 7) is 8.27. The first kappa shape index (κ1) is 35.8. The highest BCUT2D eigenvalue weighted by atomic mass is 32.3. The molecule has 4 aromatic rings. The van der Waals surface area contributed by atoms with Crippen LogP contribution in [0.15, 0.2) is 129 Å². The summed E-state index contributed by atoms with van der Waals surface area (Å²) < 4.78 is 41.8. The number of rotatable bonds is 18. The monoisotopic (exact) mass is 660 g/mol. The lowest BCUT2D eigenvalue weighted by Crippen LogP contribution is -2.22. The highest BCUT2D eigenvalue weighted by molar-refractivity contribution is 8.33. The minimum atomic E-state index is -4.19. The summed E-state index contributed by atoms with van der Waals surface area (Å²) in [5.41, 5.74) is 0.452. The fraction of sp³-hybridized carbons (Fsp3) is 0.400. The van der Waals surface area contributed by atoms with E-state index >= 15 is 0 Å². The summed E-state index contributed by atoms with van der Waals surface area (Å²) in [7, 11) is -6.89. The van der Waals surface area contributed by atoms with Gasteiger partial charge in [0, 0.05) is 14.7 Å². The second kappa shape index (κ2) is 17.2. The molecule has 0 amide bonds. The third kappa shape index (κ3) is 9.97. The van der Waals surface area contributed by atoms with Gasteiger partial charge in [0.25, 0.3) is 0 Å². The van der Waals surface area contributed by atoms with E-state index < -0.39 is 20.4 Å². The molecule has 0 aliphatic rings. The Morgan fingerprint density at radius 2 is 1.00 bits per heavy atom. The van der Waals surface area contributed by atoms with E-state index in [9.17, 15) is 8.42 Å². The minimum Gasteiger partial charge on any atom is -0.488 e. The van der Waals surface area contributed by atoms with Gasteiger partial charge in [-0.25, -0.2) is 3.63 Å². The Hall–Kier alpha value is -3.06. The Balaban J connectivity index is 1.63. The highest BCUT2D eigenvalue weighted by Gasteiger charge is 2.39. The molecule has 0 spiro atoms. The van der Waals surface area contributed by atoms with Crippen LogP contribution in [-0.4, -0.2) is 14.0 Å². The first-order chi connectivity index (χ1) is 22.2. The SMILES string of the molecule is CCCCCCCCCCCCc1ccccc1S(=O)(=O)OS(c1ccccc1)(c1ccccc1)c1ccc(OC(C)(C)C)cc1. The van der Waals surface area contributed by atoms with Crippen molar-refractivity contribution in [1.82, 2.24) is 0 Å². The van der Waals surface area contributed by atoms with Crippen molar-refractivity contribution in [1.29, 1.82) is 0 Å². The summed E-state index contributed by atoms with van der Waals surface area (Å²) in [5.74, 6) is 0.718. The first-order valence-corrected chi connectivity index (χ1v) is 19.9. The van der Waals surface area contributed by atoms with Crippen molar-refractivity contribution in [3.05, 3.63) is 115 Å². The van der Waals surface area contributed by atoms with E-state index in [1.807, 2.05) is 118 Å². The topological polar surface area (TPSA) is 52.6 Å². The molecule has 0 aliphatic carbocycles. The fourth-order valence-corrected chi connectivity index (χ4v) is 11.2. The van der Waals surface area contributed by atoms with Crippen LogP contribution in [0.3, 0.4) is 0 Å². The normalized spacial score (nSPS) is 12.6. The van der Waals surface area contributed by atoms with Crippen molar-refractivity contribution in [2.45, 2.75) is 124 Å². The smallest absolute Gasteiger partial charge is 0.307 e. The largest absolute Gasteiger partial charge is 0.488 e. The maximum Gasteiger partial charge on any atom is 0.307 e. The number of aryl methyl sites for hydroxylation is 1. The molecule has 0 saturated heterocycles. The van der Waals surface area contributed by atoms with Crippen LogP contribution in [0, 0.1) is 0 Å². The molecule has 0 fully saturated rings. The molecule has 4 nitrogen and oxygen atoms in total. The summed E-state index contributed by atoms with van der Waals surface area (Å²) in [5, 5.41) is 0. The maximum atomic E-state index is 14.5. The van der Waals surface area contributed by atoms with E-state index in [1.165, 1.54) is 51.4 Å². The molecule has 0 N–H and O–H groups in total. The van der Waals surface area contributed by atoms with Crippen LogP contribution in [0.4, 0.5) is 0 Å². The number of hydrogen-bond acceptors (Lipinski definition) is 4. The highest BCUT2D eigenvalue weighted by Crippen LogP contribution is 2.70. The Labute approximate surface area is 280 Å². The standard InChI is InChI=1S/C40H52O4S2/c1-5-6-7-8-9-10-11-12-13-16-23-34-24-21-22-29-39(34)46(41,42)44-45(36-25-17-14-18-26-36,37-27-19-15-20-28-37)38-32-30-35(31-33-38)43-40(2,3)4/h14-15,17-22,24-33H,5-13,16,23H2,1-4H3. The zero-order valence-electron chi connectivity index (χ0n) is 28.1. The minimum absolute atomic E-state index is 0.252. The van der Waals surface area contributed by atoms with Crippen LogP contribution in [0.2, 0.25) is 0 Å². The molecule has 0 aliphatic heterocycles. The van der Waals surface area contributed by atoms with Gasteiger partial charge < -0.3 is 4.74 Å². The van der Waals surface area contributed by atoms with E-state index in [4.69, 9.17) is 8.37 Å². The van der Waals surface area contributed by atoms with Gasteiger partial charge in [-0.3, -0.25) is 0 Å². The fourth-order valence-electron chi connectivity index (χ4n) is 5.73. The van der Waals surface area contributed by atoms with Crippen LogP contribution in [0.25, 0.3) is 0 Å². The van der Waals surface area contributed by atoms with Crippen LogP contribution < -0.4 is 4.74 Å². The van der Waals surface area contributed by atoms with Gasteiger partial charge in [0.15, 0.2) is 0 Å². The van der Waals surface area contributed by atoms with Gasteiger partial charge in [-0.15, -0.1) is 0 Å². The van der Waals surface area contributed by atoms with Gasteiger partial charge in [0.1, 0.15) is 11.4 Å². The zero-order chi connectivity index (χ0) is 32.9. The van der Waals surface area contributed by atoms with E-state index in [2.05, 4.69) is 6.92 Å². The predicted molar refractivity (Wildman–Crippen MR) is 192 cm³/mol. The summed E-state index contributed by atoms with van der Waals surface area (Å²) in [6, 6.07) is 34.5. The lowest BCUT2D eigenvalue weighted by Gasteiger charge is -2.39. The van der Waals surface area contributed by atoms with Gasteiger partial charge in [-0.1, -0.05) is 119 Å². The molecule has 0 radical (unpaired) electrons. The Morgan fingerprint density at radius 1 is 0.543 bits per heavy atom. The Morgan fingerprint density at radius 3 is 1.52 bits per heavy atom. The summed E-state index contributed by atoms with van der Waals surface area (Å²) >= 11 is 0. The van der Waals surface area contributed by atoms with Gasteiger partial charge in [0.2, 0.25) is 0 Å². The molecule has 0 bridgehead atoms. The molecule has 0 aromatic heterocycles. The molecule has 4 aromatic carbocycles. The van der Waals surface area contributed by atoms with Crippen LogP contribution in [0.1, 0.15) is 97.5 Å². The second-order valence-electron chi connectivity index (χ2n) is 12.9. The average molecular weight is 661 g/mol. The van der Waals surface area contributed by atoms with Gasteiger partial charge in [-0.2, -0.15) is 8.42 Å². The molecule has 248 valence electrons. The molecule has 46 heavy (non-hydrogen) atoms. The van der Waals surface area contributed by atoms with Crippen molar-refractivity contribution < 1.29 is 16.8 Å². The molecular formula is C40H52O4S2. The summed E-state index contributed by atoms with van der Waals surface area (Å²) in [4.78, 5) is 2.65. The quantitative estimate of drug-likeness (QED) is 0.0997. The van der Waals surface area contributed by atoms with Crippen LogP contribution in [0.5, 0.6) is 5.75 Å². The second-order valence-corrected chi connectivity index (χ2v) is 17.3. The Bertz CT molecular complexity index is 1520. The molecule has 6 heteroatoms. The van der Waals surface area contributed by atoms with Crippen LogP contribution in [-0.2, 0) is 20.2 Å². The van der Waals surface area contributed by atoms with Crippen molar-refractivity contribution in [2.75, 3.05) is 0 Å². The molecule has 0 unspecified atom stereocenters. The number of hydrogen-bond donors (Lipinski definition) is 0. The lowest BCUT2D eigenvalue weighted by molar-refractivity contribution is 0.131. The van der Waals surface area contributed by atoms with Gasteiger partial charge in [-0.05, 0) is 104 Å². The van der Waals surface area contributed by atoms with Gasteiger partial charge >= 0.3 is 10.1 Å². The van der Waals surface area contributed by atoms with Crippen LogP contribution >= 0.6 is 10.3 Å². The van der Waals surface area contributed by atoms with Crippen molar-refractivity contribution in [3.63, 3.8) is 0 Å². The Kier molecular flexibility index (Phi) is 13.4. The predicted octanol–water partition coefficient (Wildman–Crippen LogP) is 11.9. The van der Waals surface area contributed by atoms with E-state index in [0.29, 0.717) is 6.42 Å². The van der Waals surface area contributed by atoms with E-state index in [1.54, 1.807) is 12.1 Å². The lowest BCUT2D eigenvalue weighted by atomic mass is 10.0. The average Bonchev–Trinajstić information content (AvgIpc) is 3.05. The number of benzene rings is 4. The number of unbranched alkanes of at least 4 members (excludes halogenated alkanes) is 9.